The van der Waals surface area contributed by atoms with Crippen LogP contribution in [-0.4, -0.2) is 33.0 Å². The average molecular weight is 340 g/mol. The predicted molar refractivity (Wildman–Crippen MR) is 86.3 cm³/mol. The summed E-state index contributed by atoms with van der Waals surface area (Å²) in [7, 11) is -3.65. The Kier molecular flexibility index (Phi) is 5.20. The van der Waals surface area contributed by atoms with E-state index in [0.717, 1.165) is 0 Å². The van der Waals surface area contributed by atoms with Gasteiger partial charge in [0.25, 0.3) is 0 Å². The predicted octanol–water partition coefficient (Wildman–Crippen LogP) is 1.25. The quantitative estimate of drug-likeness (QED) is 0.818. The van der Waals surface area contributed by atoms with E-state index in [2.05, 4.69) is 33.9 Å². The largest absolute Gasteiger partial charge is 0.317 e. The highest BCUT2D eigenvalue weighted by Gasteiger charge is 2.25. The molecular weight excluding hydrogens is 316 g/mol. The van der Waals surface area contributed by atoms with Crippen molar-refractivity contribution in [2.24, 2.45) is 5.92 Å². The van der Waals surface area contributed by atoms with Crippen molar-refractivity contribution >= 4 is 10.0 Å². The van der Waals surface area contributed by atoms with E-state index in [1.807, 2.05) is 6.92 Å². The lowest BCUT2D eigenvalue weighted by Crippen LogP contribution is -2.26. The lowest BCUT2D eigenvalue weighted by molar-refractivity contribution is 0.471. The summed E-state index contributed by atoms with van der Waals surface area (Å²) >= 11 is 0. The molecule has 0 aliphatic rings. The van der Waals surface area contributed by atoms with E-state index in [1.54, 1.807) is 29.4 Å². The Morgan fingerprint density at radius 2 is 2.00 bits per heavy atom. The van der Waals surface area contributed by atoms with Crippen molar-refractivity contribution in [2.75, 3.05) is 0 Å². The van der Waals surface area contributed by atoms with Gasteiger partial charge in [-0.25, -0.2) is 13.1 Å². The molecule has 0 saturated carbocycles. The fraction of sp³-hybridized carbons (Fsp3) is 0.643. The second kappa shape index (κ2) is 6.79. The van der Waals surface area contributed by atoms with Gasteiger partial charge < -0.3 is 4.57 Å². The summed E-state index contributed by atoms with van der Waals surface area (Å²) in [6, 6.07) is 0. The third kappa shape index (κ3) is 3.78. The van der Waals surface area contributed by atoms with Crippen LogP contribution in [0.5, 0.6) is 0 Å². The van der Waals surface area contributed by atoms with Crippen molar-refractivity contribution in [3.63, 3.8) is 0 Å². The van der Waals surface area contributed by atoms with E-state index in [0.29, 0.717) is 36.2 Å². The summed E-state index contributed by atoms with van der Waals surface area (Å²) in [5, 5.41) is 12.1. The van der Waals surface area contributed by atoms with Crippen LogP contribution < -0.4 is 4.72 Å². The monoisotopic (exact) mass is 340 g/mol. The second-order valence-corrected chi connectivity index (χ2v) is 7.64. The van der Waals surface area contributed by atoms with E-state index in [9.17, 15) is 8.42 Å². The third-order valence-electron chi connectivity index (χ3n) is 3.58. The fourth-order valence-corrected chi connectivity index (χ4v) is 3.89. The van der Waals surface area contributed by atoms with Gasteiger partial charge in [0, 0.05) is 13.1 Å². The molecule has 0 spiro atoms. The van der Waals surface area contributed by atoms with Gasteiger partial charge in [-0.2, -0.15) is 5.10 Å². The molecule has 0 amide bonds. The minimum atomic E-state index is -3.65. The van der Waals surface area contributed by atoms with Gasteiger partial charge in [-0.15, -0.1) is 10.2 Å². The summed E-state index contributed by atoms with van der Waals surface area (Å²) < 4.78 is 31.4. The van der Waals surface area contributed by atoms with Crippen LogP contribution in [0.15, 0.2) is 11.2 Å². The molecule has 0 bridgehead atoms. The van der Waals surface area contributed by atoms with Crippen LogP contribution in [0.1, 0.15) is 38.0 Å². The van der Waals surface area contributed by atoms with E-state index in [1.165, 1.54) is 0 Å². The summed E-state index contributed by atoms with van der Waals surface area (Å²) in [5.74, 6) is 0.973. The maximum absolute atomic E-state index is 12.6. The average Bonchev–Trinajstić information content (AvgIpc) is 3.01. The van der Waals surface area contributed by atoms with Gasteiger partial charge in [-0.1, -0.05) is 13.8 Å². The van der Waals surface area contributed by atoms with Gasteiger partial charge in [0.1, 0.15) is 17.0 Å². The first-order chi connectivity index (χ1) is 10.8. The first kappa shape index (κ1) is 17.6. The van der Waals surface area contributed by atoms with Gasteiger partial charge in [0.2, 0.25) is 10.0 Å². The van der Waals surface area contributed by atoms with Crippen LogP contribution in [0.3, 0.4) is 0 Å². The number of hydrogen-bond acceptors (Lipinski definition) is 5. The Morgan fingerprint density at radius 3 is 2.61 bits per heavy atom. The molecule has 0 radical (unpaired) electrons. The zero-order valence-electron chi connectivity index (χ0n) is 14.2. The number of sulfonamides is 1. The van der Waals surface area contributed by atoms with Crippen molar-refractivity contribution < 1.29 is 8.42 Å². The normalized spacial score (nSPS) is 12.3. The molecule has 9 heteroatoms. The summed E-state index contributed by atoms with van der Waals surface area (Å²) in [5.41, 5.74) is 1.16. The molecule has 2 rings (SSSR count). The maximum atomic E-state index is 12.6. The SMILES string of the molecule is CCn1cnnc1CNS(=O)(=O)c1c(C)nn(CC(C)C)c1C. The van der Waals surface area contributed by atoms with E-state index in [4.69, 9.17) is 0 Å². The first-order valence-corrected chi connectivity index (χ1v) is 9.15. The Labute approximate surface area is 137 Å². The molecule has 128 valence electrons. The molecule has 0 saturated heterocycles. The van der Waals surface area contributed by atoms with Gasteiger partial charge in [0.15, 0.2) is 0 Å². The number of hydrogen-bond donors (Lipinski definition) is 1. The number of nitrogens with one attached hydrogen (secondary N) is 1. The van der Waals surface area contributed by atoms with Crippen molar-refractivity contribution in [2.45, 2.75) is 59.1 Å². The van der Waals surface area contributed by atoms with Gasteiger partial charge in [0.05, 0.1) is 17.9 Å². The molecule has 2 aromatic rings. The minimum Gasteiger partial charge on any atom is -0.317 e. The van der Waals surface area contributed by atoms with Crippen LogP contribution in [0.25, 0.3) is 0 Å². The highest BCUT2D eigenvalue weighted by atomic mass is 32.2. The van der Waals surface area contributed by atoms with Crippen LogP contribution in [-0.2, 0) is 29.7 Å². The molecule has 8 nitrogen and oxygen atoms in total. The van der Waals surface area contributed by atoms with Gasteiger partial charge in [-0.3, -0.25) is 4.68 Å². The molecular formula is C14H24N6O2S. The lowest BCUT2D eigenvalue weighted by Gasteiger charge is -2.09. The molecule has 2 heterocycles. The molecule has 23 heavy (non-hydrogen) atoms. The number of aryl methyl sites for hydroxylation is 2. The third-order valence-corrected chi connectivity index (χ3v) is 5.23. The Hall–Kier alpha value is -1.74. The first-order valence-electron chi connectivity index (χ1n) is 7.66. The second-order valence-electron chi connectivity index (χ2n) is 5.93. The minimum absolute atomic E-state index is 0.102. The van der Waals surface area contributed by atoms with Crippen molar-refractivity contribution in [3.05, 3.63) is 23.5 Å². The molecule has 0 atom stereocenters. The molecule has 0 aliphatic carbocycles. The number of aromatic nitrogens is 5. The zero-order chi connectivity index (χ0) is 17.2. The highest BCUT2D eigenvalue weighted by molar-refractivity contribution is 7.89. The molecule has 0 aliphatic heterocycles. The standard InChI is InChI=1S/C14H24N6O2S/c1-6-19-9-15-17-13(19)7-16-23(21,22)14-11(4)18-20(12(14)5)8-10(2)3/h9-10,16H,6-8H2,1-5H3. The van der Waals surface area contributed by atoms with E-state index >= 15 is 0 Å². The molecule has 0 fully saturated rings. The Morgan fingerprint density at radius 1 is 1.30 bits per heavy atom. The van der Waals surface area contributed by atoms with Crippen molar-refractivity contribution in [1.29, 1.82) is 0 Å². The Balaban J connectivity index is 2.24. The zero-order valence-corrected chi connectivity index (χ0v) is 15.1. The summed E-state index contributed by atoms with van der Waals surface area (Å²) in [6.07, 6.45) is 1.58. The topological polar surface area (TPSA) is 94.7 Å². The summed E-state index contributed by atoms with van der Waals surface area (Å²) in [6.45, 7) is 11.1. The fourth-order valence-electron chi connectivity index (χ4n) is 2.50. The molecule has 0 unspecified atom stereocenters. The van der Waals surface area contributed by atoms with E-state index < -0.39 is 10.0 Å². The van der Waals surface area contributed by atoms with Crippen LogP contribution in [0.2, 0.25) is 0 Å². The van der Waals surface area contributed by atoms with Crippen molar-refractivity contribution in [3.8, 4) is 0 Å². The lowest BCUT2D eigenvalue weighted by atomic mass is 10.2. The van der Waals surface area contributed by atoms with Crippen molar-refractivity contribution in [1.82, 2.24) is 29.3 Å². The highest BCUT2D eigenvalue weighted by Crippen LogP contribution is 2.20. The van der Waals surface area contributed by atoms with Crippen LogP contribution >= 0.6 is 0 Å². The maximum Gasteiger partial charge on any atom is 0.244 e. The van der Waals surface area contributed by atoms with Crippen LogP contribution in [0, 0.1) is 19.8 Å². The number of rotatable bonds is 7. The number of nitrogens with zero attached hydrogens (tertiary/aromatic N) is 5. The van der Waals surface area contributed by atoms with E-state index in [-0.39, 0.29) is 11.4 Å². The molecule has 1 N–H and O–H groups in total. The van der Waals surface area contributed by atoms with Gasteiger partial charge in [-0.05, 0) is 26.7 Å². The molecule has 2 aromatic heterocycles. The molecule has 0 aromatic carbocycles. The van der Waals surface area contributed by atoms with Gasteiger partial charge >= 0.3 is 0 Å². The Bertz CT molecular complexity index is 775. The van der Waals surface area contributed by atoms with Crippen LogP contribution in [0.4, 0.5) is 0 Å². The smallest absolute Gasteiger partial charge is 0.244 e. The summed E-state index contributed by atoms with van der Waals surface area (Å²) in [4.78, 5) is 0.251.